The van der Waals surface area contributed by atoms with Gasteiger partial charge in [-0.25, -0.2) is 4.58 Å². The van der Waals surface area contributed by atoms with Gasteiger partial charge in [0.25, 0.3) is 10.9 Å². The molecule has 1 aromatic rings. The van der Waals surface area contributed by atoms with Crippen LogP contribution in [0.3, 0.4) is 0 Å². The van der Waals surface area contributed by atoms with Crippen molar-refractivity contribution in [1.82, 2.24) is 0 Å². The molecule has 0 aliphatic carbocycles. The van der Waals surface area contributed by atoms with Crippen LogP contribution in [0.25, 0.3) is 0 Å². The molecule has 6 heteroatoms. The molecule has 0 bridgehead atoms. The zero-order valence-corrected chi connectivity index (χ0v) is 9.79. The van der Waals surface area contributed by atoms with Crippen LogP contribution >= 0.6 is 11.6 Å². The second-order valence-electron chi connectivity index (χ2n) is 2.99. The first kappa shape index (κ1) is 13.9. The van der Waals surface area contributed by atoms with Gasteiger partial charge in [-0.15, -0.1) is 0 Å². The topological polar surface area (TPSA) is 46.1 Å². The van der Waals surface area contributed by atoms with E-state index in [1.165, 1.54) is 12.1 Å². The second-order valence-corrected chi connectivity index (χ2v) is 3.35. The molecule has 82 valence electrons. The Labute approximate surface area is 98.7 Å². The van der Waals surface area contributed by atoms with Crippen LogP contribution in [0.2, 0.25) is 0 Å². The second kappa shape index (κ2) is 5.68. The number of nitrogens with zero attached hydrogens (tertiary/aromatic N) is 2. The fourth-order valence-electron chi connectivity index (χ4n) is 0.979. The predicted octanol–water partition coefficient (Wildman–Crippen LogP) is -1.14. The number of hydrogen-bond acceptors (Lipinski definition) is 2. The van der Waals surface area contributed by atoms with E-state index in [1.54, 1.807) is 16.7 Å². The van der Waals surface area contributed by atoms with Gasteiger partial charge in [0.15, 0.2) is 0 Å². The Morgan fingerprint density at radius 2 is 1.73 bits per heavy atom. The first-order valence-electron chi connectivity index (χ1n) is 3.97. The summed E-state index contributed by atoms with van der Waals surface area (Å²) in [6.45, 7) is 0. The molecule has 4 nitrogen and oxygen atoms in total. The maximum Gasteiger partial charge on any atom is 0.276 e. The van der Waals surface area contributed by atoms with E-state index in [4.69, 9.17) is 11.6 Å². The summed E-state index contributed by atoms with van der Waals surface area (Å²) in [7, 11) is 3.62. The van der Waals surface area contributed by atoms with E-state index in [-0.39, 0.29) is 18.1 Å². The summed E-state index contributed by atoms with van der Waals surface area (Å²) < 4.78 is 1.74. The van der Waals surface area contributed by atoms with Gasteiger partial charge < -0.3 is 12.4 Å². The van der Waals surface area contributed by atoms with Crippen LogP contribution < -0.4 is 12.4 Å². The highest BCUT2D eigenvalue weighted by molar-refractivity contribution is 6.68. The number of hydrogen-bond donors (Lipinski definition) is 0. The van der Waals surface area contributed by atoms with E-state index < -0.39 is 4.92 Å². The Bertz CT molecular complexity index is 384. The third-order valence-corrected chi connectivity index (χ3v) is 2.27. The largest absolute Gasteiger partial charge is 1.00 e. The quantitative estimate of drug-likeness (QED) is 0.288. The highest BCUT2D eigenvalue weighted by atomic mass is 35.5. The van der Waals surface area contributed by atoms with Crippen molar-refractivity contribution in [3.8, 4) is 0 Å². The van der Waals surface area contributed by atoms with Gasteiger partial charge in [-0.1, -0.05) is 0 Å². The van der Waals surface area contributed by atoms with Crippen LogP contribution in [0.15, 0.2) is 24.3 Å². The van der Waals surface area contributed by atoms with E-state index in [0.717, 1.165) is 5.56 Å². The van der Waals surface area contributed by atoms with Crippen molar-refractivity contribution in [2.45, 2.75) is 0 Å². The smallest absolute Gasteiger partial charge is 0.276 e. The molecule has 0 saturated heterocycles. The van der Waals surface area contributed by atoms with Crippen molar-refractivity contribution < 1.29 is 21.9 Å². The predicted molar refractivity (Wildman–Crippen MR) is 55.2 cm³/mol. The van der Waals surface area contributed by atoms with Crippen LogP contribution in [0.5, 0.6) is 0 Å². The van der Waals surface area contributed by atoms with Gasteiger partial charge in [-0.2, -0.15) is 0 Å². The molecule has 1 rings (SSSR count). The van der Waals surface area contributed by atoms with Crippen LogP contribution in [0, 0.1) is 10.1 Å². The van der Waals surface area contributed by atoms with E-state index in [1.807, 2.05) is 14.1 Å². The number of non-ortho nitro benzene ring substituents is 1. The summed E-state index contributed by atoms with van der Waals surface area (Å²) in [6, 6.07) is 6.11. The minimum atomic E-state index is -0.437. The maximum atomic E-state index is 10.4. The number of nitro benzene ring substituents is 1. The molecule has 0 amide bonds. The fourth-order valence-corrected chi connectivity index (χ4v) is 1.10. The first-order valence-corrected chi connectivity index (χ1v) is 4.35. The van der Waals surface area contributed by atoms with E-state index >= 15 is 0 Å². The molecule has 0 atom stereocenters. The molecule has 0 radical (unpaired) electrons. The number of halogens is 2. The monoisotopic (exact) mass is 248 g/mol. The Kier molecular flexibility index (Phi) is 5.25. The van der Waals surface area contributed by atoms with Gasteiger partial charge >= 0.3 is 0 Å². The van der Waals surface area contributed by atoms with Crippen molar-refractivity contribution >= 4 is 22.5 Å². The molecular formula is C9H10Cl2N2O2. The lowest BCUT2D eigenvalue weighted by Crippen LogP contribution is -3.00. The molecule has 0 aliphatic rings. The Balaban J connectivity index is 0.00000196. The van der Waals surface area contributed by atoms with Gasteiger partial charge in [0.1, 0.15) is 14.1 Å². The van der Waals surface area contributed by atoms with Gasteiger partial charge in [0.05, 0.1) is 10.5 Å². The van der Waals surface area contributed by atoms with E-state index in [0.29, 0.717) is 5.17 Å². The van der Waals surface area contributed by atoms with Crippen molar-refractivity contribution in [3.05, 3.63) is 39.9 Å². The summed E-state index contributed by atoms with van der Waals surface area (Å²) in [5.41, 5.74) is 0.833. The highest BCUT2D eigenvalue weighted by Crippen LogP contribution is 2.13. The van der Waals surface area contributed by atoms with Gasteiger partial charge in [-0.05, 0) is 23.7 Å². The Hall–Kier alpha value is -1.13. The van der Waals surface area contributed by atoms with Crippen LogP contribution in [-0.4, -0.2) is 28.8 Å². The van der Waals surface area contributed by atoms with Crippen molar-refractivity contribution in [2.75, 3.05) is 14.1 Å². The number of benzene rings is 1. The lowest BCUT2D eigenvalue weighted by molar-refractivity contribution is -0.461. The van der Waals surface area contributed by atoms with Crippen LogP contribution in [-0.2, 0) is 0 Å². The summed E-state index contributed by atoms with van der Waals surface area (Å²) >= 11 is 5.95. The molecule has 0 saturated carbocycles. The average molecular weight is 249 g/mol. The molecule has 0 heterocycles. The van der Waals surface area contributed by atoms with Crippen molar-refractivity contribution in [3.63, 3.8) is 0 Å². The molecule has 0 unspecified atom stereocenters. The molecule has 0 fully saturated rings. The third-order valence-electron chi connectivity index (χ3n) is 1.71. The molecule has 1 aromatic carbocycles. The zero-order valence-electron chi connectivity index (χ0n) is 8.28. The maximum absolute atomic E-state index is 10.4. The summed E-state index contributed by atoms with van der Waals surface area (Å²) in [5, 5.41) is 10.9. The zero-order chi connectivity index (χ0) is 10.7. The fraction of sp³-hybridized carbons (Fsp3) is 0.222. The Morgan fingerprint density at radius 1 is 1.27 bits per heavy atom. The van der Waals surface area contributed by atoms with Gasteiger partial charge in [0.2, 0.25) is 0 Å². The SMILES string of the molecule is C[N+](C)=C(Cl)c1ccc([N+](=O)[O-])cc1.[Cl-]. The lowest BCUT2D eigenvalue weighted by atomic mass is 10.2. The molecule has 15 heavy (non-hydrogen) atoms. The van der Waals surface area contributed by atoms with Gasteiger partial charge in [-0.3, -0.25) is 10.1 Å². The third kappa shape index (κ3) is 3.49. The number of nitro groups is 1. The molecule has 0 N–H and O–H groups in total. The molecule has 0 aromatic heterocycles. The minimum Gasteiger partial charge on any atom is -1.00 e. The Morgan fingerprint density at radius 3 is 2.07 bits per heavy atom. The van der Waals surface area contributed by atoms with E-state index in [9.17, 15) is 10.1 Å². The summed E-state index contributed by atoms with van der Waals surface area (Å²) in [5.74, 6) is 0. The molecule has 0 spiro atoms. The van der Waals surface area contributed by atoms with Crippen molar-refractivity contribution in [2.24, 2.45) is 0 Å². The van der Waals surface area contributed by atoms with Crippen LogP contribution in [0.1, 0.15) is 5.56 Å². The summed E-state index contributed by atoms with van der Waals surface area (Å²) in [6.07, 6.45) is 0. The number of rotatable bonds is 2. The lowest BCUT2D eigenvalue weighted by Gasteiger charge is -1.95. The average Bonchev–Trinajstić information content (AvgIpc) is 2.16. The molecular weight excluding hydrogens is 239 g/mol. The van der Waals surface area contributed by atoms with Crippen molar-refractivity contribution in [1.29, 1.82) is 0 Å². The van der Waals surface area contributed by atoms with Crippen LogP contribution in [0.4, 0.5) is 5.69 Å². The molecule has 0 aliphatic heterocycles. The van der Waals surface area contributed by atoms with Gasteiger partial charge in [0, 0.05) is 12.1 Å². The minimum absolute atomic E-state index is 0. The first-order chi connectivity index (χ1) is 6.52. The highest BCUT2D eigenvalue weighted by Gasteiger charge is 2.10. The van der Waals surface area contributed by atoms with E-state index in [2.05, 4.69) is 0 Å². The summed E-state index contributed by atoms with van der Waals surface area (Å²) in [4.78, 5) is 9.93. The standard InChI is InChI=1S/C9H10ClN2O2.ClH/c1-11(2)9(10)7-3-5-8(6-4-7)12(13)14;/h3-6H,1-2H3;1H/q+1;/p-1. The normalized spacial score (nSPS) is 9.00.